The number of furan rings is 1. The fraction of sp³-hybridized carbons (Fsp3) is 0.316. The Morgan fingerprint density at radius 1 is 1.11 bits per heavy atom. The number of nitrogens with one attached hydrogen (secondary N) is 1. The molecule has 140 valence electrons. The van der Waals surface area contributed by atoms with E-state index < -0.39 is 5.91 Å². The van der Waals surface area contributed by atoms with Crippen LogP contribution in [0.5, 0.6) is 0 Å². The maximum Gasteiger partial charge on any atom is 0.287 e. The summed E-state index contributed by atoms with van der Waals surface area (Å²) >= 11 is 3.14. The molecular weight excluding hydrogens is 412 g/mol. The average molecular weight is 431 g/mol. The van der Waals surface area contributed by atoms with Gasteiger partial charge in [-0.3, -0.25) is 14.5 Å². The predicted molar refractivity (Wildman–Crippen MR) is 102 cm³/mol. The first-order chi connectivity index (χ1) is 13.0. The van der Waals surface area contributed by atoms with Crippen LogP contribution in [0.25, 0.3) is 0 Å². The van der Waals surface area contributed by atoms with Crippen molar-refractivity contribution in [1.29, 1.82) is 5.26 Å². The Hall–Kier alpha value is -2.63. The summed E-state index contributed by atoms with van der Waals surface area (Å²) in [5.41, 5.74) is 1.80. The van der Waals surface area contributed by atoms with E-state index in [0.29, 0.717) is 23.3 Å². The minimum Gasteiger partial charge on any atom is -0.444 e. The molecule has 27 heavy (non-hydrogen) atoms. The van der Waals surface area contributed by atoms with Gasteiger partial charge in [0.15, 0.2) is 10.4 Å². The molecular formula is C19H19BrN4O3. The highest BCUT2D eigenvalue weighted by Gasteiger charge is 2.22. The maximum atomic E-state index is 12.3. The summed E-state index contributed by atoms with van der Waals surface area (Å²) in [6, 6.07) is 12.8. The van der Waals surface area contributed by atoms with Crippen LogP contribution in [-0.4, -0.2) is 54.3 Å². The van der Waals surface area contributed by atoms with Crippen molar-refractivity contribution >= 4 is 27.7 Å². The minimum atomic E-state index is -0.409. The molecule has 0 bridgehead atoms. The van der Waals surface area contributed by atoms with Crippen LogP contribution in [0.2, 0.25) is 0 Å². The zero-order chi connectivity index (χ0) is 19.2. The van der Waals surface area contributed by atoms with Crippen LogP contribution in [0.3, 0.4) is 0 Å². The topological polar surface area (TPSA) is 89.6 Å². The number of hydrogen-bond acceptors (Lipinski definition) is 5. The van der Waals surface area contributed by atoms with E-state index in [1.54, 1.807) is 17.0 Å². The highest BCUT2D eigenvalue weighted by Crippen LogP contribution is 2.14. The van der Waals surface area contributed by atoms with Crippen LogP contribution in [0, 0.1) is 11.3 Å². The molecule has 0 unspecified atom stereocenters. The monoisotopic (exact) mass is 430 g/mol. The van der Waals surface area contributed by atoms with Gasteiger partial charge in [0.1, 0.15) is 0 Å². The van der Waals surface area contributed by atoms with Crippen molar-refractivity contribution in [2.75, 3.05) is 32.7 Å². The van der Waals surface area contributed by atoms with Crippen LogP contribution in [-0.2, 0) is 11.3 Å². The van der Waals surface area contributed by atoms with Gasteiger partial charge in [0.05, 0.1) is 18.2 Å². The van der Waals surface area contributed by atoms with Gasteiger partial charge >= 0.3 is 0 Å². The zero-order valence-corrected chi connectivity index (χ0v) is 16.2. The Balaban J connectivity index is 1.42. The summed E-state index contributed by atoms with van der Waals surface area (Å²) in [7, 11) is 0. The molecule has 0 saturated carbocycles. The molecule has 1 aromatic carbocycles. The minimum absolute atomic E-state index is 0.0488. The summed E-state index contributed by atoms with van der Waals surface area (Å²) in [6.45, 7) is 3.52. The van der Waals surface area contributed by atoms with E-state index in [2.05, 4.69) is 32.2 Å². The lowest BCUT2D eigenvalue weighted by atomic mass is 10.1. The summed E-state index contributed by atoms with van der Waals surface area (Å²) in [5.74, 6) is -0.345. The number of nitriles is 1. The third kappa shape index (κ3) is 5.18. The Bertz CT molecular complexity index is 849. The average Bonchev–Trinajstić information content (AvgIpc) is 3.13. The number of carbonyl (C=O) groups is 2. The van der Waals surface area contributed by atoms with Crippen molar-refractivity contribution in [2.45, 2.75) is 6.54 Å². The lowest BCUT2D eigenvalue weighted by Crippen LogP contribution is -2.50. The van der Waals surface area contributed by atoms with Crippen molar-refractivity contribution in [3.05, 3.63) is 58.0 Å². The molecule has 1 aliphatic rings. The molecule has 3 rings (SSSR count). The maximum absolute atomic E-state index is 12.3. The van der Waals surface area contributed by atoms with Gasteiger partial charge in [-0.25, -0.2) is 0 Å². The smallest absolute Gasteiger partial charge is 0.287 e. The van der Waals surface area contributed by atoms with Gasteiger partial charge in [-0.05, 0) is 45.8 Å². The van der Waals surface area contributed by atoms with E-state index in [9.17, 15) is 9.59 Å². The van der Waals surface area contributed by atoms with Gasteiger partial charge in [0, 0.05) is 32.7 Å². The third-order valence-corrected chi connectivity index (χ3v) is 4.84. The Kier molecular flexibility index (Phi) is 6.27. The second kappa shape index (κ2) is 8.84. The lowest BCUT2D eigenvalue weighted by Gasteiger charge is -2.34. The molecule has 1 aromatic heterocycles. The highest BCUT2D eigenvalue weighted by molar-refractivity contribution is 9.10. The zero-order valence-electron chi connectivity index (χ0n) is 14.7. The number of hydrogen-bond donors (Lipinski definition) is 1. The quantitative estimate of drug-likeness (QED) is 0.782. The molecule has 7 nitrogen and oxygen atoms in total. The number of halogens is 1. The molecule has 0 atom stereocenters. The van der Waals surface area contributed by atoms with Gasteiger partial charge in [-0.1, -0.05) is 12.1 Å². The Morgan fingerprint density at radius 3 is 2.41 bits per heavy atom. The van der Waals surface area contributed by atoms with E-state index >= 15 is 0 Å². The summed E-state index contributed by atoms with van der Waals surface area (Å²) < 4.78 is 5.63. The molecule has 0 radical (unpaired) electrons. The Labute approximate surface area is 165 Å². The number of piperazine rings is 1. The molecule has 0 spiro atoms. The normalized spacial score (nSPS) is 14.6. The number of rotatable bonds is 5. The van der Waals surface area contributed by atoms with Crippen LogP contribution in [0.15, 0.2) is 45.5 Å². The standard InChI is InChI=1S/C19H19BrN4O3/c20-17-6-5-16(27-17)19(26)22-12-18(25)24-9-7-23(8-10-24)13-15-3-1-14(11-21)2-4-15/h1-6H,7-10,12-13H2,(H,22,26). The van der Waals surface area contributed by atoms with E-state index in [0.717, 1.165) is 25.2 Å². The van der Waals surface area contributed by atoms with Crippen molar-refractivity contribution in [3.8, 4) is 6.07 Å². The molecule has 2 amide bonds. The molecule has 2 aromatic rings. The first kappa shape index (κ1) is 19.1. The van der Waals surface area contributed by atoms with E-state index in [-0.39, 0.29) is 18.2 Å². The number of benzene rings is 1. The number of carbonyl (C=O) groups excluding carboxylic acids is 2. The fourth-order valence-electron chi connectivity index (χ4n) is 2.89. The summed E-state index contributed by atoms with van der Waals surface area (Å²) in [6.07, 6.45) is 0. The van der Waals surface area contributed by atoms with Gasteiger partial charge in [-0.2, -0.15) is 5.26 Å². The van der Waals surface area contributed by atoms with Crippen molar-refractivity contribution in [3.63, 3.8) is 0 Å². The second-order valence-corrected chi connectivity index (χ2v) is 7.03. The summed E-state index contributed by atoms with van der Waals surface area (Å²) in [5, 5.41) is 11.4. The molecule has 8 heteroatoms. The number of amides is 2. The van der Waals surface area contributed by atoms with Crippen LogP contribution in [0.1, 0.15) is 21.7 Å². The molecule has 1 N–H and O–H groups in total. The number of nitrogens with zero attached hydrogens (tertiary/aromatic N) is 3. The van der Waals surface area contributed by atoms with Gasteiger partial charge in [-0.15, -0.1) is 0 Å². The molecule has 0 aliphatic carbocycles. The highest BCUT2D eigenvalue weighted by atomic mass is 79.9. The van der Waals surface area contributed by atoms with E-state index in [4.69, 9.17) is 9.68 Å². The van der Waals surface area contributed by atoms with Crippen LogP contribution in [0.4, 0.5) is 0 Å². The van der Waals surface area contributed by atoms with E-state index in [1.807, 2.05) is 24.3 Å². The Morgan fingerprint density at radius 2 is 1.81 bits per heavy atom. The van der Waals surface area contributed by atoms with Crippen LogP contribution < -0.4 is 5.32 Å². The first-order valence-electron chi connectivity index (χ1n) is 8.58. The van der Waals surface area contributed by atoms with Gasteiger partial charge in [0.2, 0.25) is 5.91 Å². The van der Waals surface area contributed by atoms with Crippen LogP contribution >= 0.6 is 15.9 Å². The first-order valence-corrected chi connectivity index (χ1v) is 9.37. The van der Waals surface area contributed by atoms with Crippen molar-refractivity contribution < 1.29 is 14.0 Å². The molecule has 2 heterocycles. The predicted octanol–water partition coefficient (Wildman–Crippen LogP) is 1.99. The SMILES string of the molecule is N#Cc1ccc(CN2CCN(C(=O)CNC(=O)c3ccc(Br)o3)CC2)cc1. The van der Waals surface area contributed by atoms with Gasteiger partial charge < -0.3 is 14.6 Å². The largest absolute Gasteiger partial charge is 0.444 e. The van der Waals surface area contributed by atoms with Crippen molar-refractivity contribution in [1.82, 2.24) is 15.1 Å². The fourth-order valence-corrected chi connectivity index (χ4v) is 3.20. The molecule has 1 fully saturated rings. The molecule has 1 saturated heterocycles. The second-order valence-electron chi connectivity index (χ2n) is 6.25. The summed E-state index contributed by atoms with van der Waals surface area (Å²) in [4.78, 5) is 28.2. The third-order valence-electron chi connectivity index (χ3n) is 4.41. The van der Waals surface area contributed by atoms with Gasteiger partial charge in [0.25, 0.3) is 5.91 Å². The van der Waals surface area contributed by atoms with Crippen molar-refractivity contribution in [2.24, 2.45) is 0 Å². The van der Waals surface area contributed by atoms with E-state index in [1.165, 1.54) is 0 Å². The lowest BCUT2D eigenvalue weighted by molar-refractivity contribution is -0.131. The molecule has 1 aliphatic heterocycles.